The van der Waals surface area contributed by atoms with Crippen molar-refractivity contribution in [2.75, 3.05) is 25.0 Å². The Morgan fingerprint density at radius 3 is 2.56 bits per heavy atom. The van der Waals surface area contributed by atoms with Crippen LogP contribution in [0.25, 0.3) is 11.5 Å². The minimum Gasteiger partial charge on any atom is -0.444 e. The Morgan fingerprint density at radius 1 is 1.06 bits per heavy atom. The van der Waals surface area contributed by atoms with Crippen LogP contribution in [0, 0.1) is 0 Å². The third-order valence-corrected chi connectivity index (χ3v) is 4.14. The van der Waals surface area contributed by atoms with Gasteiger partial charge in [0.25, 0.3) is 0 Å². The fourth-order valence-electron chi connectivity index (χ4n) is 2.73. The molecular weight excluding hydrogens is 536 g/mol. The maximum Gasteiger partial charge on any atom is 0.419 e. The van der Waals surface area contributed by atoms with E-state index in [1.807, 2.05) is 37.3 Å². The summed E-state index contributed by atoms with van der Waals surface area (Å²) in [5.74, 6) is 0.837. The molecule has 172 valence electrons. The number of aliphatic imine (C=N–C) groups is 1. The summed E-state index contributed by atoms with van der Waals surface area (Å²) in [6, 6.07) is 11.8. The Labute approximate surface area is 201 Å². The molecule has 0 saturated carbocycles. The van der Waals surface area contributed by atoms with Gasteiger partial charge in [-0.3, -0.25) is 0 Å². The zero-order valence-corrected chi connectivity index (χ0v) is 19.6. The van der Waals surface area contributed by atoms with E-state index in [4.69, 9.17) is 4.42 Å². The van der Waals surface area contributed by atoms with Gasteiger partial charge in [0.2, 0.25) is 5.89 Å². The van der Waals surface area contributed by atoms with Gasteiger partial charge in [0.05, 0.1) is 12.1 Å². The van der Waals surface area contributed by atoms with Gasteiger partial charge in [-0.2, -0.15) is 13.2 Å². The first kappa shape index (κ1) is 25.4. The van der Waals surface area contributed by atoms with Crippen molar-refractivity contribution in [3.63, 3.8) is 0 Å². The summed E-state index contributed by atoms with van der Waals surface area (Å²) >= 11 is 0. The molecule has 2 heterocycles. The lowest BCUT2D eigenvalue weighted by molar-refractivity contribution is -0.137. The number of hydrogen-bond acceptors (Lipinski definition) is 5. The Morgan fingerprint density at radius 2 is 1.84 bits per heavy atom. The number of anilines is 1. The third-order valence-electron chi connectivity index (χ3n) is 4.14. The number of pyridine rings is 1. The first-order valence-corrected chi connectivity index (χ1v) is 9.75. The van der Waals surface area contributed by atoms with Gasteiger partial charge in [0.15, 0.2) is 5.96 Å². The van der Waals surface area contributed by atoms with Crippen LogP contribution in [-0.2, 0) is 12.7 Å². The molecular formula is C21H24F3IN6O. The molecule has 0 fully saturated rings. The molecule has 7 nitrogen and oxygen atoms in total. The number of nitrogens with one attached hydrogen (secondary N) is 3. The second kappa shape index (κ2) is 12.3. The summed E-state index contributed by atoms with van der Waals surface area (Å²) in [6.07, 6.45) is -1.59. The van der Waals surface area contributed by atoms with Crippen molar-refractivity contribution in [2.24, 2.45) is 4.99 Å². The molecule has 0 unspecified atom stereocenters. The third kappa shape index (κ3) is 7.39. The average Bonchev–Trinajstić information content (AvgIpc) is 3.24. The molecule has 3 aromatic rings. The van der Waals surface area contributed by atoms with Gasteiger partial charge in [-0.25, -0.2) is 15.0 Å². The van der Waals surface area contributed by atoms with Gasteiger partial charge in [0, 0.05) is 31.4 Å². The van der Waals surface area contributed by atoms with Gasteiger partial charge < -0.3 is 20.4 Å². The molecule has 0 saturated heterocycles. The van der Waals surface area contributed by atoms with Crippen LogP contribution in [0.1, 0.15) is 18.2 Å². The van der Waals surface area contributed by atoms with Crippen molar-refractivity contribution in [1.82, 2.24) is 20.6 Å². The number of hydrogen-bond donors (Lipinski definition) is 3. The average molecular weight is 560 g/mol. The number of benzene rings is 1. The second-order valence-corrected chi connectivity index (χ2v) is 6.46. The van der Waals surface area contributed by atoms with Crippen LogP contribution in [0.2, 0.25) is 0 Å². The summed E-state index contributed by atoms with van der Waals surface area (Å²) in [6.45, 7) is 3.41. The Bertz CT molecular complexity index is 994. The quantitative estimate of drug-likeness (QED) is 0.162. The van der Waals surface area contributed by atoms with Crippen LogP contribution < -0.4 is 16.0 Å². The summed E-state index contributed by atoms with van der Waals surface area (Å²) in [4.78, 5) is 12.6. The standard InChI is InChI=1S/C21H23F3N6O.HI/c1-2-25-20(28-12-11-27-18-17(21(22,23)24)9-6-10-26-18)29-13-16-14-31-19(30-16)15-7-4-3-5-8-15;/h3-10,14H,2,11-13H2,1H3,(H,26,27)(H2,25,28,29);1H. The SMILES string of the molecule is CCNC(=NCc1coc(-c2ccccc2)n1)NCCNc1ncccc1C(F)(F)F.I. The minimum atomic E-state index is -4.46. The van der Waals surface area contributed by atoms with Crippen LogP contribution in [0.4, 0.5) is 19.0 Å². The molecule has 0 radical (unpaired) electrons. The molecule has 11 heteroatoms. The number of alkyl halides is 3. The number of halogens is 4. The topological polar surface area (TPSA) is 87.4 Å². The maximum absolute atomic E-state index is 13.0. The molecule has 0 aliphatic heterocycles. The zero-order chi connectivity index (χ0) is 22.1. The van der Waals surface area contributed by atoms with Crippen molar-refractivity contribution >= 4 is 35.8 Å². The molecule has 32 heavy (non-hydrogen) atoms. The van der Waals surface area contributed by atoms with Crippen molar-refractivity contribution in [3.8, 4) is 11.5 Å². The van der Waals surface area contributed by atoms with E-state index in [0.29, 0.717) is 30.6 Å². The van der Waals surface area contributed by atoms with Gasteiger partial charge in [-0.05, 0) is 31.2 Å². The van der Waals surface area contributed by atoms with E-state index in [0.717, 1.165) is 11.6 Å². The number of guanidine groups is 1. The lowest BCUT2D eigenvalue weighted by atomic mass is 10.2. The van der Waals surface area contributed by atoms with Crippen molar-refractivity contribution in [2.45, 2.75) is 19.6 Å². The van der Waals surface area contributed by atoms with Gasteiger partial charge in [-0.15, -0.1) is 24.0 Å². The lowest BCUT2D eigenvalue weighted by Gasteiger charge is -2.14. The zero-order valence-electron chi connectivity index (χ0n) is 17.3. The van der Waals surface area contributed by atoms with Crippen LogP contribution in [-0.4, -0.2) is 35.6 Å². The van der Waals surface area contributed by atoms with Crippen LogP contribution in [0.5, 0.6) is 0 Å². The first-order chi connectivity index (χ1) is 15.0. The van der Waals surface area contributed by atoms with Gasteiger partial charge in [0.1, 0.15) is 17.8 Å². The smallest absolute Gasteiger partial charge is 0.419 e. The van der Waals surface area contributed by atoms with Crippen LogP contribution >= 0.6 is 24.0 Å². The molecule has 1 aromatic carbocycles. The van der Waals surface area contributed by atoms with Crippen molar-refractivity contribution in [3.05, 3.63) is 66.2 Å². The van der Waals surface area contributed by atoms with Crippen LogP contribution in [0.15, 0.2) is 64.3 Å². The predicted octanol–water partition coefficient (Wildman–Crippen LogP) is 4.54. The predicted molar refractivity (Wildman–Crippen MR) is 128 cm³/mol. The van der Waals surface area contributed by atoms with Crippen molar-refractivity contribution < 1.29 is 17.6 Å². The molecule has 0 atom stereocenters. The fourth-order valence-corrected chi connectivity index (χ4v) is 2.73. The van der Waals surface area contributed by atoms with E-state index in [1.165, 1.54) is 12.3 Å². The molecule has 3 N–H and O–H groups in total. The van der Waals surface area contributed by atoms with Gasteiger partial charge in [-0.1, -0.05) is 18.2 Å². The van der Waals surface area contributed by atoms with E-state index >= 15 is 0 Å². The fraction of sp³-hybridized carbons (Fsp3) is 0.286. The Kier molecular flexibility index (Phi) is 9.75. The highest BCUT2D eigenvalue weighted by Gasteiger charge is 2.33. The highest BCUT2D eigenvalue weighted by molar-refractivity contribution is 14.0. The molecule has 0 aliphatic rings. The highest BCUT2D eigenvalue weighted by atomic mass is 127. The minimum absolute atomic E-state index is 0. The molecule has 0 spiro atoms. The molecule has 0 amide bonds. The molecule has 0 bridgehead atoms. The summed E-state index contributed by atoms with van der Waals surface area (Å²) in [5.41, 5.74) is 0.745. The number of nitrogens with zero attached hydrogens (tertiary/aromatic N) is 3. The molecule has 0 aliphatic carbocycles. The highest BCUT2D eigenvalue weighted by Crippen LogP contribution is 2.33. The normalized spacial score (nSPS) is 11.6. The van der Waals surface area contributed by atoms with Gasteiger partial charge >= 0.3 is 6.18 Å². The van der Waals surface area contributed by atoms with E-state index < -0.39 is 11.7 Å². The molecule has 2 aromatic heterocycles. The number of oxazole rings is 1. The second-order valence-electron chi connectivity index (χ2n) is 6.46. The monoisotopic (exact) mass is 560 g/mol. The van der Waals surface area contributed by atoms with E-state index in [9.17, 15) is 13.2 Å². The Balaban J connectivity index is 0.00000363. The number of aromatic nitrogens is 2. The van der Waals surface area contributed by atoms with Crippen LogP contribution in [0.3, 0.4) is 0 Å². The van der Waals surface area contributed by atoms with E-state index in [2.05, 4.69) is 30.9 Å². The number of rotatable bonds is 8. The lowest BCUT2D eigenvalue weighted by Crippen LogP contribution is -2.39. The first-order valence-electron chi connectivity index (χ1n) is 9.75. The summed E-state index contributed by atoms with van der Waals surface area (Å²) in [7, 11) is 0. The largest absolute Gasteiger partial charge is 0.444 e. The van der Waals surface area contributed by atoms with Crippen molar-refractivity contribution in [1.29, 1.82) is 0 Å². The maximum atomic E-state index is 13.0. The summed E-state index contributed by atoms with van der Waals surface area (Å²) in [5, 5.41) is 8.86. The van der Waals surface area contributed by atoms with E-state index in [-0.39, 0.29) is 42.9 Å². The van der Waals surface area contributed by atoms with E-state index in [1.54, 1.807) is 6.26 Å². The Hall–Kier alpha value is -2.83. The summed E-state index contributed by atoms with van der Waals surface area (Å²) < 4.78 is 44.6. The molecule has 3 rings (SSSR count).